The Bertz CT molecular complexity index is 196. The number of hydrogen-bond donors (Lipinski definition) is 1. The first-order valence-electron chi connectivity index (χ1n) is 4.31. The van der Waals surface area contributed by atoms with Gasteiger partial charge in [-0.3, -0.25) is 0 Å². The molecule has 1 atom stereocenters. The van der Waals surface area contributed by atoms with Gasteiger partial charge in [-0.2, -0.15) is 0 Å². The minimum absolute atomic E-state index is 0.0675. The maximum atomic E-state index is 11.1. The Balaban J connectivity index is 2.09. The fourth-order valence-corrected chi connectivity index (χ4v) is 0.829. The largest absolute Gasteiger partial charge is 0.459 e. The van der Waals surface area contributed by atoms with Gasteiger partial charge in [-0.15, -0.1) is 0 Å². The highest BCUT2D eigenvalue weighted by Crippen LogP contribution is 2.11. The second-order valence-electron chi connectivity index (χ2n) is 2.98. The molecule has 0 radical (unpaired) electrons. The van der Waals surface area contributed by atoms with Crippen molar-refractivity contribution in [3.05, 3.63) is 12.2 Å². The van der Waals surface area contributed by atoms with Crippen LogP contribution in [-0.2, 0) is 14.3 Å². The summed E-state index contributed by atoms with van der Waals surface area (Å²) in [6, 6.07) is 0. The third kappa shape index (κ3) is 4.05. The number of aliphatic hydroxyl groups is 1. The Morgan fingerprint density at radius 2 is 2.38 bits per heavy atom. The zero-order valence-corrected chi connectivity index (χ0v) is 7.49. The summed E-state index contributed by atoms with van der Waals surface area (Å²) >= 11 is 0. The molecule has 1 N–H and O–H groups in total. The zero-order chi connectivity index (χ0) is 9.68. The molecule has 1 aliphatic heterocycles. The Labute approximate surface area is 77.1 Å². The molecule has 0 aromatic heterocycles. The highest BCUT2D eigenvalue weighted by molar-refractivity contribution is 5.87. The summed E-state index contributed by atoms with van der Waals surface area (Å²) in [6.07, 6.45) is 1.13. The maximum Gasteiger partial charge on any atom is 0.333 e. The molecular weight excluding hydrogens is 172 g/mol. The lowest BCUT2D eigenvalue weighted by Crippen LogP contribution is -2.11. The van der Waals surface area contributed by atoms with Gasteiger partial charge in [0, 0.05) is 12.2 Å². The monoisotopic (exact) mass is 186 g/mol. The highest BCUT2D eigenvalue weighted by atomic mass is 16.6. The van der Waals surface area contributed by atoms with Crippen molar-refractivity contribution in [2.75, 3.05) is 19.8 Å². The minimum Gasteiger partial charge on any atom is -0.459 e. The maximum absolute atomic E-state index is 11.1. The van der Waals surface area contributed by atoms with E-state index in [4.69, 9.17) is 14.6 Å². The van der Waals surface area contributed by atoms with E-state index in [1.165, 1.54) is 0 Å². The van der Waals surface area contributed by atoms with Gasteiger partial charge in [0.25, 0.3) is 0 Å². The van der Waals surface area contributed by atoms with Crippen molar-refractivity contribution in [2.45, 2.75) is 18.9 Å². The second kappa shape index (κ2) is 4.99. The lowest BCUT2D eigenvalue weighted by atomic mass is 10.2. The predicted molar refractivity (Wildman–Crippen MR) is 46.2 cm³/mol. The van der Waals surface area contributed by atoms with E-state index in [9.17, 15) is 4.79 Å². The van der Waals surface area contributed by atoms with Crippen LogP contribution >= 0.6 is 0 Å². The van der Waals surface area contributed by atoms with Crippen LogP contribution in [-0.4, -0.2) is 37.0 Å². The average molecular weight is 186 g/mol. The van der Waals surface area contributed by atoms with Crippen LogP contribution in [0.1, 0.15) is 12.8 Å². The Morgan fingerprint density at radius 3 is 2.92 bits per heavy atom. The number of rotatable bonds is 6. The third-order valence-electron chi connectivity index (χ3n) is 1.73. The molecule has 0 amide bonds. The predicted octanol–water partition coefficient (Wildman–Crippen LogP) is 0.257. The van der Waals surface area contributed by atoms with Crippen LogP contribution in [0, 0.1) is 0 Å². The standard InChI is InChI=1S/C9H14O4/c1-7(3-2-4-10)9(11)13-6-8-5-12-8/h8,10H,1-6H2. The van der Waals surface area contributed by atoms with Gasteiger partial charge < -0.3 is 14.6 Å². The van der Waals surface area contributed by atoms with Gasteiger partial charge in [0.15, 0.2) is 0 Å². The van der Waals surface area contributed by atoms with Crippen molar-refractivity contribution < 1.29 is 19.4 Å². The van der Waals surface area contributed by atoms with Crippen LogP contribution in [0.3, 0.4) is 0 Å². The van der Waals surface area contributed by atoms with Crippen molar-refractivity contribution in [1.82, 2.24) is 0 Å². The number of epoxide rings is 1. The highest BCUT2D eigenvalue weighted by Gasteiger charge is 2.24. The van der Waals surface area contributed by atoms with E-state index in [-0.39, 0.29) is 18.7 Å². The van der Waals surface area contributed by atoms with E-state index in [1.54, 1.807) is 0 Å². The Kier molecular flexibility index (Phi) is 3.92. The fraction of sp³-hybridized carbons (Fsp3) is 0.667. The van der Waals surface area contributed by atoms with Gasteiger partial charge in [-0.1, -0.05) is 6.58 Å². The van der Waals surface area contributed by atoms with E-state index < -0.39 is 0 Å². The van der Waals surface area contributed by atoms with Gasteiger partial charge in [0.05, 0.1) is 6.61 Å². The van der Waals surface area contributed by atoms with E-state index in [0.717, 1.165) is 0 Å². The van der Waals surface area contributed by atoms with Crippen LogP contribution in [0.4, 0.5) is 0 Å². The van der Waals surface area contributed by atoms with Gasteiger partial charge >= 0.3 is 5.97 Å². The van der Waals surface area contributed by atoms with Crippen molar-refractivity contribution in [3.8, 4) is 0 Å². The average Bonchev–Trinajstić information content (AvgIpc) is 2.93. The van der Waals surface area contributed by atoms with Crippen LogP contribution < -0.4 is 0 Å². The van der Waals surface area contributed by atoms with Crippen LogP contribution in [0.15, 0.2) is 12.2 Å². The van der Waals surface area contributed by atoms with E-state index in [0.29, 0.717) is 31.6 Å². The molecule has 1 heterocycles. The molecular formula is C9H14O4. The molecule has 0 aromatic rings. The molecule has 4 nitrogen and oxygen atoms in total. The number of ether oxygens (including phenoxy) is 2. The fourth-order valence-electron chi connectivity index (χ4n) is 0.829. The summed E-state index contributed by atoms with van der Waals surface area (Å²) in [5.41, 5.74) is 0.412. The van der Waals surface area contributed by atoms with Crippen molar-refractivity contribution in [2.24, 2.45) is 0 Å². The number of hydrogen-bond acceptors (Lipinski definition) is 4. The van der Waals surface area contributed by atoms with E-state index in [2.05, 4.69) is 6.58 Å². The molecule has 0 aliphatic carbocycles. The van der Waals surface area contributed by atoms with Crippen LogP contribution in [0.2, 0.25) is 0 Å². The van der Waals surface area contributed by atoms with Crippen LogP contribution in [0.25, 0.3) is 0 Å². The molecule has 4 heteroatoms. The van der Waals surface area contributed by atoms with E-state index in [1.807, 2.05) is 0 Å². The molecule has 0 spiro atoms. The Hall–Kier alpha value is -0.870. The number of esters is 1. The van der Waals surface area contributed by atoms with Crippen molar-refractivity contribution >= 4 is 5.97 Å². The zero-order valence-electron chi connectivity index (χ0n) is 7.49. The topological polar surface area (TPSA) is 59.1 Å². The minimum atomic E-state index is -0.385. The summed E-state index contributed by atoms with van der Waals surface area (Å²) in [5, 5.41) is 8.51. The van der Waals surface area contributed by atoms with Gasteiger partial charge in [-0.05, 0) is 12.8 Å². The van der Waals surface area contributed by atoms with Gasteiger partial charge in [-0.25, -0.2) is 4.79 Å². The van der Waals surface area contributed by atoms with Crippen molar-refractivity contribution in [1.29, 1.82) is 0 Å². The SMILES string of the molecule is C=C(CCCO)C(=O)OCC1CO1. The lowest BCUT2D eigenvalue weighted by molar-refractivity contribution is -0.139. The summed E-state index contributed by atoms with van der Waals surface area (Å²) < 4.78 is 9.75. The summed E-state index contributed by atoms with van der Waals surface area (Å²) in [7, 11) is 0. The summed E-state index contributed by atoms with van der Waals surface area (Å²) in [5.74, 6) is -0.385. The number of carbonyl (C=O) groups excluding carboxylic acids is 1. The molecule has 0 bridgehead atoms. The molecule has 0 aromatic carbocycles. The summed E-state index contributed by atoms with van der Waals surface area (Å²) in [4.78, 5) is 11.1. The van der Waals surface area contributed by atoms with Gasteiger partial charge in [0.1, 0.15) is 12.7 Å². The molecule has 0 saturated carbocycles. The number of aliphatic hydroxyl groups excluding tert-OH is 1. The Morgan fingerprint density at radius 1 is 1.69 bits per heavy atom. The van der Waals surface area contributed by atoms with Crippen molar-refractivity contribution in [3.63, 3.8) is 0 Å². The van der Waals surface area contributed by atoms with Crippen LogP contribution in [0.5, 0.6) is 0 Å². The first-order valence-corrected chi connectivity index (χ1v) is 4.31. The molecule has 1 rings (SSSR count). The smallest absolute Gasteiger partial charge is 0.333 e. The molecule has 1 aliphatic rings. The quantitative estimate of drug-likeness (QED) is 0.367. The van der Waals surface area contributed by atoms with Gasteiger partial charge in [0.2, 0.25) is 0 Å². The lowest BCUT2D eigenvalue weighted by Gasteiger charge is -2.04. The molecule has 1 fully saturated rings. The molecule has 1 saturated heterocycles. The normalized spacial score (nSPS) is 19.6. The molecule has 74 valence electrons. The molecule has 1 unspecified atom stereocenters. The first-order chi connectivity index (χ1) is 6.24. The summed E-state index contributed by atoms with van der Waals surface area (Å²) in [6.45, 7) is 4.62. The number of carbonyl (C=O) groups is 1. The second-order valence-corrected chi connectivity index (χ2v) is 2.98. The third-order valence-corrected chi connectivity index (χ3v) is 1.73. The van der Waals surface area contributed by atoms with E-state index >= 15 is 0 Å². The first kappa shape index (κ1) is 10.2. The molecule has 13 heavy (non-hydrogen) atoms.